The van der Waals surface area contributed by atoms with Crippen molar-refractivity contribution in [2.45, 2.75) is 56.5 Å². The molecule has 0 aliphatic heterocycles. The van der Waals surface area contributed by atoms with Gasteiger partial charge in [0.05, 0.1) is 5.25 Å². The van der Waals surface area contributed by atoms with Crippen LogP contribution in [0.2, 0.25) is 0 Å². The number of anilines is 1. The van der Waals surface area contributed by atoms with Gasteiger partial charge in [-0.15, -0.1) is 16.8 Å². The average Bonchev–Trinajstić information content (AvgIpc) is 3.22. The Morgan fingerprint density at radius 3 is 2.53 bits per heavy atom. The number of ether oxygens (including phenoxy) is 1. The third kappa shape index (κ3) is 6.54. The van der Waals surface area contributed by atoms with Gasteiger partial charge in [-0.1, -0.05) is 36.9 Å². The van der Waals surface area contributed by atoms with Gasteiger partial charge in [0.2, 0.25) is 11.1 Å². The van der Waals surface area contributed by atoms with Gasteiger partial charge in [0, 0.05) is 23.6 Å². The minimum atomic E-state index is -0.724. The number of nitrogens with one attached hydrogen (secondary N) is 1. The summed E-state index contributed by atoms with van der Waals surface area (Å²) in [5.74, 6) is 0.0635. The molecule has 9 heteroatoms. The number of aryl methyl sites for hydroxylation is 1. The van der Waals surface area contributed by atoms with E-state index >= 15 is 0 Å². The van der Waals surface area contributed by atoms with Crippen molar-refractivity contribution in [3.05, 3.63) is 67.0 Å². The number of rotatable bonds is 8. The Bertz CT molecular complexity index is 1140. The van der Waals surface area contributed by atoms with Gasteiger partial charge in [-0.25, -0.2) is 9.36 Å². The smallest absolute Gasteiger partial charge is 0.422 e. The minimum absolute atomic E-state index is 0.226. The van der Waals surface area contributed by atoms with Crippen LogP contribution in [0.5, 0.6) is 0 Å². The lowest BCUT2D eigenvalue weighted by atomic mass is 10.1. The van der Waals surface area contributed by atoms with Crippen LogP contribution in [0.4, 0.5) is 10.5 Å². The topological polar surface area (TPSA) is 99.0 Å². The molecule has 2 aromatic heterocycles. The second-order valence-corrected chi connectivity index (χ2v) is 9.70. The van der Waals surface area contributed by atoms with Crippen LogP contribution in [0, 0.1) is 0 Å². The lowest BCUT2D eigenvalue weighted by molar-refractivity contribution is -0.115. The number of hydrogen-bond donors (Lipinski definition) is 1. The highest BCUT2D eigenvalue weighted by Gasteiger charge is 2.29. The zero-order valence-electron chi connectivity index (χ0n) is 19.8. The third-order valence-electron chi connectivity index (χ3n) is 4.68. The quantitative estimate of drug-likeness (QED) is 0.343. The van der Waals surface area contributed by atoms with E-state index in [1.165, 1.54) is 10.1 Å². The summed E-state index contributed by atoms with van der Waals surface area (Å²) in [7, 11) is 0. The molecule has 2 heterocycles. The van der Waals surface area contributed by atoms with Crippen molar-refractivity contribution in [3.63, 3.8) is 0 Å². The van der Waals surface area contributed by atoms with E-state index in [0.29, 0.717) is 17.7 Å². The van der Waals surface area contributed by atoms with Crippen molar-refractivity contribution in [2.24, 2.45) is 0 Å². The summed E-state index contributed by atoms with van der Waals surface area (Å²) in [6, 6.07) is 11.2. The van der Waals surface area contributed by atoms with Gasteiger partial charge < -0.3 is 10.1 Å². The Balaban J connectivity index is 1.91. The highest BCUT2D eigenvalue weighted by Crippen LogP contribution is 2.30. The molecule has 0 saturated carbocycles. The molecular formula is C25H29N5O3S. The van der Waals surface area contributed by atoms with E-state index in [-0.39, 0.29) is 16.9 Å². The molecule has 0 saturated heterocycles. The molecule has 1 unspecified atom stereocenters. The lowest BCUT2D eigenvalue weighted by Gasteiger charge is -2.21. The van der Waals surface area contributed by atoms with Gasteiger partial charge in [0.25, 0.3) is 0 Å². The maximum absolute atomic E-state index is 13.1. The van der Waals surface area contributed by atoms with Crippen molar-refractivity contribution in [1.29, 1.82) is 0 Å². The van der Waals surface area contributed by atoms with Crippen LogP contribution in [-0.4, -0.2) is 42.6 Å². The predicted molar refractivity (Wildman–Crippen MR) is 134 cm³/mol. The number of carbonyl (C=O) groups is 2. The average molecular weight is 480 g/mol. The molecule has 34 heavy (non-hydrogen) atoms. The second kappa shape index (κ2) is 11.1. The van der Waals surface area contributed by atoms with Crippen LogP contribution in [0.25, 0.3) is 11.4 Å². The standard InChI is InChI=1S/C25H29N5O3S/c1-6-9-20(22(31)27-19-13-11-17(7-2)12-14-19)34-23-29-28-21(18-10-8-15-26-16-18)30(23)24(32)33-25(3,4)5/h6,8,10-16,20H,1,7,9H2,2-5H3,(H,27,31). The number of thioether (sulfide) groups is 1. The first-order chi connectivity index (χ1) is 16.2. The molecule has 0 radical (unpaired) electrons. The molecule has 0 bridgehead atoms. The fraction of sp³-hybridized carbons (Fsp3) is 0.320. The minimum Gasteiger partial charge on any atom is -0.443 e. The monoisotopic (exact) mass is 479 g/mol. The van der Waals surface area contributed by atoms with Crippen molar-refractivity contribution < 1.29 is 14.3 Å². The normalized spacial score (nSPS) is 12.1. The Morgan fingerprint density at radius 1 is 1.21 bits per heavy atom. The fourth-order valence-electron chi connectivity index (χ4n) is 3.03. The summed E-state index contributed by atoms with van der Waals surface area (Å²) in [6.07, 6.45) is 5.54. The first-order valence-corrected chi connectivity index (χ1v) is 11.9. The molecule has 1 N–H and O–H groups in total. The molecule has 1 aromatic carbocycles. The first kappa shape index (κ1) is 25.2. The zero-order valence-corrected chi connectivity index (χ0v) is 20.6. The number of hydrogen-bond acceptors (Lipinski definition) is 7. The summed E-state index contributed by atoms with van der Waals surface area (Å²) < 4.78 is 6.88. The van der Waals surface area contributed by atoms with Crippen molar-refractivity contribution in [3.8, 4) is 11.4 Å². The number of nitrogens with zero attached hydrogens (tertiary/aromatic N) is 4. The summed E-state index contributed by atoms with van der Waals surface area (Å²) in [5, 5.41) is 11.0. The van der Waals surface area contributed by atoms with Crippen molar-refractivity contribution >= 4 is 29.4 Å². The van der Waals surface area contributed by atoms with Crippen LogP contribution in [0.15, 0.2) is 66.6 Å². The Morgan fingerprint density at radius 2 is 1.94 bits per heavy atom. The van der Waals surface area contributed by atoms with Gasteiger partial charge in [0.15, 0.2) is 5.82 Å². The largest absolute Gasteiger partial charge is 0.443 e. The molecule has 3 aromatic rings. The Labute approximate surface area is 203 Å². The molecular weight excluding hydrogens is 450 g/mol. The first-order valence-electron chi connectivity index (χ1n) is 11.0. The van der Waals surface area contributed by atoms with Gasteiger partial charge in [-0.05, 0) is 63.4 Å². The predicted octanol–water partition coefficient (Wildman–Crippen LogP) is 5.36. The molecule has 3 rings (SSSR count). The Kier molecular flexibility index (Phi) is 8.22. The highest BCUT2D eigenvalue weighted by atomic mass is 32.2. The number of aromatic nitrogens is 4. The van der Waals surface area contributed by atoms with Crippen LogP contribution in [-0.2, 0) is 16.0 Å². The van der Waals surface area contributed by atoms with E-state index < -0.39 is 16.9 Å². The van der Waals surface area contributed by atoms with Crippen LogP contribution in [0.3, 0.4) is 0 Å². The molecule has 1 amide bonds. The second-order valence-electron chi connectivity index (χ2n) is 8.53. The summed E-state index contributed by atoms with van der Waals surface area (Å²) in [6.45, 7) is 11.2. The number of carbonyl (C=O) groups excluding carboxylic acids is 2. The van der Waals surface area contributed by atoms with E-state index in [1.807, 2.05) is 24.3 Å². The molecule has 8 nitrogen and oxygen atoms in total. The van der Waals surface area contributed by atoms with Gasteiger partial charge >= 0.3 is 6.09 Å². The van der Waals surface area contributed by atoms with Crippen molar-refractivity contribution in [2.75, 3.05) is 5.32 Å². The van der Waals surface area contributed by atoms with E-state index in [4.69, 9.17) is 4.74 Å². The number of amides is 1. The molecule has 0 aliphatic rings. The van der Waals surface area contributed by atoms with E-state index in [9.17, 15) is 9.59 Å². The SMILES string of the molecule is C=CCC(Sc1nnc(-c2cccnc2)n1C(=O)OC(C)(C)C)C(=O)Nc1ccc(CC)cc1. The van der Waals surface area contributed by atoms with Crippen LogP contribution >= 0.6 is 11.8 Å². The van der Waals surface area contributed by atoms with Gasteiger partial charge in [-0.3, -0.25) is 9.78 Å². The molecule has 0 spiro atoms. The molecule has 0 aliphatic carbocycles. The Hall–Kier alpha value is -3.46. The van der Waals surface area contributed by atoms with Crippen LogP contribution < -0.4 is 5.32 Å². The van der Waals surface area contributed by atoms with Gasteiger partial charge in [-0.2, -0.15) is 0 Å². The summed E-state index contributed by atoms with van der Waals surface area (Å²) >= 11 is 1.13. The molecule has 0 fully saturated rings. The number of pyridine rings is 1. The van der Waals surface area contributed by atoms with E-state index in [2.05, 4.69) is 34.0 Å². The maximum atomic E-state index is 13.1. The van der Waals surface area contributed by atoms with E-state index in [0.717, 1.165) is 18.2 Å². The zero-order chi connectivity index (χ0) is 24.7. The lowest BCUT2D eigenvalue weighted by Crippen LogP contribution is -2.29. The highest BCUT2D eigenvalue weighted by molar-refractivity contribution is 8.00. The third-order valence-corrected chi connectivity index (χ3v) is 5.85. The molecule has 1 atom stereocenters. The summed E-state index contributed by atoms with van der Waals surface area (Å²) in [4.78, 5) is 30.3. The number of allylic oxidation sites excluding steroid dienone is 1. The number of benzene rings is 1. The molecule has 178 valence electrons. The maximum Gasteiger partial charge on any atom is 0.422 e. The van der Waals surface area contributed by atoms with Crippen LogP contribution in [0.1, 0.15) is 39.7 Å². The van der Waals surface area contributed by atoms with E-state index in [1.54, 1.807) is 51.4 Å². The van der Waals surface area contributed by atoms with Crippen molar-refractivity contribution in [1.82, 2.24) is 19.7 Å². The summed E-state index contributed by atoms with van der Waals surface area (Å²) in [5.41, 5.74) is 1.76. The van der Waals surface area contributed by atoms with Gasteiger partial charge in [0.1, 0.15) is 5.60 Å². The fourth-order valence-corrected chi connectivity index (χ4v) is 4.04.